The summed E-state index contributed by atoms with van der Waals surface area (Å²) >= 11 is 5.97. The fraction of sp³-hybridized carbons (Fsp3) is 0.333. The lowest BCUT2D eigenvalue weighted by molar-refractivity contribution is -0.122. The number of hydrogen-bond acceptors (Lipinski definition) is 3. The summed E-state index contributed by atoms with van der Waals surface area (Å²) in [6.07, 6.45) is 1.00. The molecule has 2 aromatic carbocycles. The van der Waals surface area contributed by atoms with E-state index in [2.05, 4.69) is 5.32 Å². The highest BCUT2D eigenvalue weighted by Crippen LogP contribution is 2.31. The number of benzene rings is 2. The third kappa shape index (κ3) is 4.36. The van der Waals surface area contributed by atoms with Crippen molar-refractivity contribution in [2.45, 2.75) is 46.1 Å². The molecule has 1 N–H and O–H groups in total. The van der Waals surface area contributed by atoms with Gasteiger partial charge in [0.15, 0.2) is 0 Å². The molecular weight excluding hydrogens is 400 g/mol. The molecule has 30 heavy (non-hydrogen) atoms. The van der Waals surface area contributed by atoms with E-state index in [1.54, 1.807) is 35.9 Å². The number of carbonyl (C=O) groups excluding carboxylic acids is 2. The van der Waals surface area contributed by atoms with Gasteiger partial charge in [-0.25, -0.2) is 0 Å². The number of nitrogens with zero attached hydrogens (tertiary/aromatic N) is 1. The minimum Gasteiger partial charge on any atom is -0.497 e. The maximum Gasteiger partial charge on any atom is 0.262 e. The highest BCUT2D eigenvalue weighted by molar-refractivity contribution is 6.30. The number of fused-ring (bicyclic) bond motifs is 1. The van der Waals surface area contributed by atoms with Crippen LogP contribution in [0.1, 0.15) is 48.8 Å². The van der Waals surface area contributed by atoms with Gasteiger partial charge in [-0.2, -0.15) is 0 Å². The Labute approximate surface area is 182 Å². The quantitative estimate of drug-likeness (QED) is 0.593. The smallest absolute Gasteiger partial charge is 0.262 e. The summed E-state index contributed by atoms with van der Waals surface area (Å²) in [5, 5.41) is 4.47. The number of aromatic nitrogens is 1. The number of methoxy groups -OCH3 is 1. The summed E-state index contributed by atoms with van der Waals surface area (Å²) in [7, 11) is 1.60. The van der Waals surface area contributed by atoms with E-state index in [9.17, 15) is 9.59 Å². The van der Waals surface area contributed by atoms with Gasteiger partial charge in [0.2, 0.25) is 5.91 Å². The molecule has 0 saturated heterocycles. The van der Waals surface area contributed by atoms with E-state index in [0.717, 1.165) is 28.6 Å². The van der Waals surface area contributed by atoms with Crippen LogP contribution in [-0.2, 0) is 11.2 Å². The van der Waals surface area contributed by atoms with Crippen molar-refractivity contribution in [1.82, 2.24) is 9.88 Å². The lowest BCUT2D eigenvalue weighted by atomic mass is 10.0. The van der Waals surface area contributed by atoms with Crippen molar-refractivity contribution >= 4 is 34.3 Å². The topological polar surface area (TPSA) is 60.3 Å². The first-order chi connectivity index (χ1) is 14.2. The van der Waals surface area contributed by atoms with E-state index in [1.807, 2.05) is 45.9 Å². The lowest BCUT2D eigenvalue weighted by Gasteiger charge is -2.24. The van der Waals surface area contributed by atoms with E-state index < -0.39 is 0 Å². The predicted molar refractivity (Wildman–Crippen MR) is 121 cm³/mol. The van der Waals surface area contributed by atoms with E-state index in [4.69, 9.17) is 16.3 Å². The van der Waals surface area contributed by atoms with E-state index >= 15 is 0 Å². The molecule has 0 atom stereocenters. The first-order valence-corrected chi connectivity index (χ1v) is 10.3. The standard InChI is InChI=1S/C24H27ClN2O3/c1-6-24(3,4)26-22(28)14-19-15(2)27(21-12-11-18(30-5)13-20(19)21)23(29)16-7-9-17(25)10-8-16/h7-13H,6,14H2,1-5H3,(H,26,28). The normalized spacial score (nSPS) is 11.5. The van der Waals surface area contributed by atoms with Crippen LogP contribution < -0.4 is 10.1 Å². The molecule has 0 spiro atoms. The van der Waals surface area contributed by atoms with Crippen LogP contribution in [-0.4, -0.2) is 29.0 Å². The van der Waals surface area contributed by atoms with Crippen molar-refractivity contribution in [2.75, 3.05) is 7.11 Å². The fourth-order valence-corrected chi connectivity index (χ4v) is 3.59. The highest BCUT2D eigenvalue weighted by atomic mass is 35.5. The lowest BCUT2D eigenvalue weighted by Crippen LogP contribution is -2.43. The number of carbonyl (C=O) groups is 2. The number of rotatable bonds is 6. The zero-order valence-electron chi connectivity index (χ0n) is 18.0. The van der Waals surface area contributed by atoms with Gasteiger partial charge in [0.1, 0.15) is 5.75 Å². The molecule has 6 heteroatoms. The fourth-order valence-electron chi connectivity index (χ4n) is 3.47. The molecule has 0 bridgehead atoms. The van der Waals surface area contributed by atoms with Crippen molar-refractivity contribution in [3.05, 3.63) is 64.3 Å². The van der Waals surface area contributed by atoms with E-state index in [0.29, 0.717) is 16.3 Å². The second-order valence-corrected chi connectivity index (χ2v) is 8.49. The minimum absolute atomic E-state index is 0.0780. The molecular formula is C24H27ClN2O3. The Kier molecular flexibility index (Phi) is 6.22. The Morgan fingerprint density at radius 2 is 1.80 bits per heavy atom. The van der Waals surface area contributed by atoms with Gasteiger partial charge in [-0.15, -0.1) is 0 Å². The van der Waals surface area contributed by atoms with Crippen LogP contribution in [0.4, 0.5) is 0 Å². The third-order valence-electron chi connectivity index (χ3n) is 5.54. The highest BCUT2D eigenvalue weighted by Gasteiger charge is 2.24. The molecule has 0 unspecified atom stereocenters. The minimum atomic E-state index is -0.291. The molecule has 0 aliphatic heterocycles. The van der Waals surface area contributed by atoms with Crippen LogP contribution in [0.15, 0.2) is 42.5 Å². The van der Waals surface area contributed by atoms with Crippen molar-refractivity contribution in [2.24, 2.45) is 0 Å². The third-order valence-corrected chi connectivity index (χ3v) is 5.79. The van der Waals surface area contributed by atoms with Crippen LogP contribution in [0.3, 0.4) is 0 Å². The van der Waals surface area contributed by atoms with E-state index in [1.165, 1.54) is 0 Å². The molecule has 3 rings (SSSR count). The Balaban J connectivity index is 2.10. The first kappa shape index (κ1) is 21.9. The van der Waals surface area contributed by atoms with Crippen molar-refractivity contribution < 1.29 is 14.3 Å². The average molecular weight is 427 g/mol. The van der Waals surface area contributed by atoms with Crippen molar-refractivity contribution in [3.8, 4) is 5.75 Å². The van der Waals surface area contributed by atoms with Gasteiger partial charge >= 0.3 is 0 Å². The molecule has 1 amide bonds. The molecule has 5 nitrogen and oxygen atoms in total. The zero-order chi connectivity index (χ0) is 22.1. The summed E-state index contributed by atoms with van der Waals surface area (Å²) < 4.78 is 7.04. The molecule has 3 aromatic rings. The first-order valence-electron chi connectivity index (χ1n) is 9.96. The summed E-state index contributed by atoms with van der Waals surface area (Å²) in [5.41, 5.74) is 2.53. The summed E-state index contributed by atoms with van der Waals surface area (Å²) in [5.74, 6) is 0.430. The molecule has 0 aliphatic rings. The molecule has 0 saturated carbocycles. The summed E-state index contributed by atoms with van der Waals surface area (Å²) in [6.45, 7) is 7.89. The van der Waals surface area contributed by atoms with Gasteiger partial charge in [-0.1, -0.05) is 18.5 Å². The second-order valence-electron chi connectivity index (χ2n) is 8.06. The summed E-state index contributed by atoms with van der Waals surface area (Å²) in [4.78, 5) is 26.1. The van der Waals surface area contributed by atoms with E-state index in [-0.39, 0.29) is 23.8 Å². The molecule has 1 heterocycles. The second kappa shape index (κ2) is 8.52. The van der Waals surface area contributed by atoms with Gasteiger partial charge in [-0.3, -0.25) is 14.2 Å². The monoisotopic (exact) mass is 426 g/mol. The molecule has 158 valence electrons. The maximum absolute atomic E-state index is 13.3. The number of nitrogens with one attached hydrogen (secondary N) is 1. The molecule has 0 fully saturated rings. The van der Waals surface area contributed by atoms with Crippen molar-refractivity contribution in [1.29, 1.82) is 0 Å². The largest absolute Gasteiger partial charge is 0.497 e. The van der Waals surface area contributed by atoms with Crippen LogP contribution in [0.25, 0.3) is 10.9 Å². The molecule has 1 aromatic heterocycles. The summed E-state index contributed by atoms with van der Waals surface area (Å²) in [6, 6.07) is 12.3. The Hall–Kier alpha value is -2.79. The van der Waals surface area contributed by atoms with Crippen LogP contribution in [0, 0.1) is 6.92 Å². The van der Waals surface area contributed by atoms with Crippen LogP contribution >= 0.6 is 11.6 Å². The predicted octanol–water partition coefficient (Wildman–Crippen LogP) is 5.15. The SMILES string of the molecule is CCC(C)(C)NC(=O)Cc1c(C)n(C(=O)c2ccc(Cl)cc2)c2ccc(OC)cc12. The van der Waals surface area contributed by atoms with Crippen LogP contribution in [0.5, 0.6) is 5.75 Å². The maximum atomic E-state index is 13.3. The van der Waals surface area contributed by atoms with Gasteiger partial charge in [0.25, 0.3) is 5.91 Å². The number of halogens is 1. The Morgan fingerprint density at radius 3 is 2.40 bits per heavy atom. The number of ether oxygens (including phenoxy) is 1. The average Bonchev–Trinajstić information content (AvgIpc) is 2.98. The van der Waals surface area contributed by atoms with Gasteiger partial charge in [0, 0.05) is 27.2 Å². The molecule has 0 aliphatic carbocycles. The zero-order valence-corrected chi connectivity index (χ0v) is 18.8. The van der Waals surface area contributed by atoms with Crippen molar-refractivity contribution in [3.63, 3.8) is 0 Å². The number of amides is 1. The van der Waals surface area contributed by atoms with Gasteiger partial charge < -0.3 is 10.1 Å². The van der Waals surface area contributed by atoms with Gasteiger partial charge in [0.05, 0.1) is 19.0 Å². The van der Waals surface area contributed by atoms with Crippen LogP contribution in [0.2, 0.25) is 5.02 Å². The Morgan fingerprint density at radius 1 is 1.13 bits per heavy atom. The number of hydrogen-bond donors (Lipinski definition) is 1. The Bertz CT molecular complexity index is 1100. The molecule has 0 radical (unpaired) electrons. The van der Waals surface area contributed by atoms with Gasteiger partial charge in [-0.05, 0) is 75.2 Å².